The monoisotopic (exact) mass is 504 g/mol. The standard InChI is InChI=1S/C28H48O4Si2/c1-12-22-23(31-33(8,9)26(2,3)4)18-28(19-24(22)32-34(10,11)27(5,6)7)20-29-25(30-28)21-16-14-13-15-17-21/h12-17,22-25H,1,18-20H2,2-11H3/t22?,23-,24-,25?,28?/m1/s1. The molecule has 1 saturated carbocycles. The third-order valence-corrected chi connectivity index (χ3v) is 17.7. The van der Waals surface area contributed by atoms with Gasteiger partial charge in [-0.15, -0.1) is 6.58 Å². The van der Waals surface area contributed by atoms with Gasteiger partial charge in [0.15, 0.2) is 22.9 Å². The van der Waals surface area contributed by atoms with E-state index >= 15 is 0 Å². The van der Waals surface area contributed by atoms with Gasteiger partial charge in [-0.25, -0.2) is 0 Å². The van der Waals surface area contributed by atoms with Gasteiger partial charge in [0.25, 0.3) is 0 Å². The van der Waals surface area contributed by atoms with Crippen LogP contribution in [0.2, 0.25) is 36.3 Å². The summed E-state index contributed by atoms with van der Waals surface area (Å²) in [5.74, 6) is 0.133. The van der Waals surface area contributed by atoms with Gasteiger partial charge in [-0.2, -0.15) is 0 Å². The first-order chi connectivity index (χ1) is 15.5. The van der Waals surface area contributed by atoms with E-state index in [2.05, 4.69) is 92.5 Å². The predicted octanol–water partition coefficient (Wildman–Crippen LogP) is 7.85. The fourth-order valence-corrected chi connectivity index (χ4v) is 7.20. The third kappa shape index (κ3) is 5.79. The second-order valence-corrected chi connectivity index (χ2v) is 22.9. The molecule has 192 valence electrons. The minimum atomic E-state index is -2.01. The molecule has 1 spiro atoms. The Labute approximate surface area is 210 Å². The van der Waals surface area contributed by atoms with E-state index in [0.29, 0.717) is 6.61 Å². The van der Waals surface area contributed by atoms with Crippen molar-refractivity contribution in [3.8, 4) is 0 Å². The van der Waals surface area contributed by atoms with E-state index in [0.717, 1.165) is 18.4 Å². The Bertz CT molecular complexity index is 800. The molecule has 3 rings (SSSR count). The zero-order valence-electron chi connectivity index (χ0n) is 23.2. The second-order valence-electron chi connectivity index (χ2n) is 13.4. The van der Waals surface area contributed by atoms with Gasteiger partial charge in [-0.3, -0.25) is 0 Å². The molecule has 4 nitrogen and oxygen atoms in total. The highest BCUT2D eigenvalue weighted by Crippen LogP contribution is 2.50. The highest BCUT2D eigenvalue weighted by molar-refractivity contribution is 6.74. The summed E-state index contributed by atoms with van der Waals surface area (Å²) in [6.45, 7) is 27.9. The molecular weight excluding hydrogens is 456 g/mol. The molecule has 1 saturated heterocycles. The van der Waals surface area contributed by atoms with Gasteiger partial charge in [-0.1, -0.05) is 78.0 Å². The van der Waals surface area contributed by atoms with E-state index < -0.39 is 22.2 Å². The smallest absolute Gasteiger partial charge is 0.192 e. The SMILES string of the molecule is C=CC1[C@H](O[Si](C)(C)C(C)(C)C)CC2(COC(c3ccccc3)O2)C[C@H]1O[Si](C)(C)C(C)(C)C. The van der Waals surface area contributed by atoms with Crippen LogP contribution in [0.1, 0.15) is 66.2 Å². The molecule has 2 aliphatic rings. The van der Waals surface area contributed by atoms with E-state index in [1.54, 1.807) is 0 Å². The van der Waals surface area contributed by atoms with Crippen LogP contribution in [0.5, 0.6) is 0 Å². The first kappa shape index (κ1) is 27.8. The predicted molar refractivity (Wildman–Crippen MR) is 146 cm³/mol. The highest BCUT2D eigenvalue weighted by atomic mass is 28.4. The zero-order valence-corrected chi connectivity index (χ0v) is 25.2. The summed E-state index contributed by atoms with van der Waals surface area (Å²) < 4.78 is 27.1. The Hall–Kier alpha value is -0.766. The lowest BCUT2D eigenvalue weighted by Gasteiger charge is -2.51. The molecule has 1 heterocycles. The lowest BCUT2D eigenvalue weighted by Crippen LogP contribution is -2.58. The minimum Gasteiger partial charge on any atom is -0.413 e. The molecule has 3 atom stereocenters. The molecule has 0 radical (unpaired) electrons. The molecule has 0 aromatic heterocycles. The fraction of sp³-hybridized carbons (Fsp3) is 0.714. The Morgan fingerprint density at radius 1 is 0.882 bits per heavy atom. The second kappa shape index (κ2) is 9.60. The van der Waals surface area contributed by atoms with Crippen LogP contribution in [0.15, 0.2) is 43.0 Å². The van der Waals surface area contributed by atoms with Crippen LogP contribution in [-0.4, -0.2) is 41.1 Å². The molecule has 1 aliphatic heterocycles. The zero-order chi connectivity index (χ0) is 25.6. The molecule has 0 N–H and O–H groups in total. The van der Waals surface area contributed by atoms with Crippen molar-refractivity contribution >= 4 is 16.6 Å². The number of hydrogen-bond acceptors (Lipinski definition) is 4. The van der Waals surface area contributed by atoms with Gasteiger partial charge in [0.2, 0.25) is 0 Å². The molecule has 34 heavy (non-hydrogen) atoms. The Kier molecular flexibility index (Phi) is 7.85. The van der Waals surface area contributed by atoms with Crippen LogP contribution in [0, 0.1) is 5.92 Å². The van der Waals surface area contributed by atoms with Gasteiger partial charge in [0.1, 0.15) is 0 Å². The van der Waals surface area contributed by atoms with Gasteiger partial charge < -0.3 is 18.3 Å². The number of ether oxygens (including phenoxy) is 2. The molecule has 6 heteroatoms. The number of hydrogen-bond donors (Lipinski definition) is 0. The maximum Gasteiger partial charge on any atom is 0.192 e. The van der Waals surface area contributed by atoms with Crippen molar-refractivity contribution in [2.45, 2.75) is 115 Å². The van der Waals surface area contributed by atoms with Gasteiger partial charge in [-0.05, 0) is 36.3 Å². The first-order valence-corrected chi connectivity index (χ1v) is 18.6. The van der Waals surface area contributed by atoms with Crippen molar-refractivity contribution in [2.24, 2.45) is 5.92 Å². The summed E-state index contributed by atoms with van der Waals surface area (Å²) in [6, 6.07) is 10.2. The van der Waals surface area contributed by atoms with Crippen molar-refractivity contribution in [3.63, 3.8) is 0 Å². The quantitative estimate of drug-likeness (QED) is 0.292. The van der Waals surface area contributed by atoms with Crippen molar-refractivity contribution in [3.05, 3.63) is 48.6 Å². The number of rotatable bonds is 6. The molecule has 0 bridgehead atoms. The molecule has 0 amide bonds. The largest absolute Gasteiger partial charge is 0.413 e. The summed E-state index contributed by atoms with van der Waals surface area (Å²) in [4.78, 5) is 0. The molecule has 1 aliphatic carbocycles. The topological polar surface area (TPSA) is 36.9 Å². The van der Waals surface area contributed by atoms with Crippen LogP contribution in [0.4, 0.5) is 0 Å². The summed E-state index contributed by atoms with van der Waals surface area (Å²) in [7, 11) is -4.02. The van der Waals surface area contributed by atoms with Crippen LogP contribution >= 0.6 is 0 Å². The third-order valence-electron chi connectivity index (χ3n) is 8.71. The van der Waals surface area contributed by atoms with Gasteiger partial charge in [0, 0.05) is 24.3 Å². The molecule has 1 aromatic rings. The van der Waals surface area contributed by atoms with E-state index in [-0.39, 0.29) is 34.5 Å². The van der Waals surface area contributed by atoms with E-state index in [1.807, 2.05) is 18.2 Å². The van der Waals surface area contributed by atoms with Crippen LogP contribution < -0.4 is 0 Å². The fourth-order valence-electron chi connectivity index (χ4n) is 4.49. The van der Waals surface area contributed by atoms with Crippen LogP contribution in [-0.2, 0) is 18.3 Å². The normalized spacial score (nSPS) is 31.1. The molecule has 1 unspecified atom stereocenters. The summed E-state index contributed by atoms with van der Waals surface area (Å²) in [6.07, 6.45) is 3.34. The van der Waals surface area contributed by atoms with E-state index in [9.17, 15) is 0 Å². The average molecular weight is 505 g/mol. The van der Waals surface area contributed by atoms with E-state index in [1.165, 1.54) is 0 Å². The maximum absolute atomic E-state index is 7.07. The van der Waals surface area contributed by atoms with E-state index in [4.69, 9.17) is 18.3 Å². The first-order valence-electron chi connectivity index (χ1n) is 12.8. The van der Waals surface area contributed by atoms with Crippen molar-refractivity contribution in [1.29, 1.82) is 0 Å². The average Bonchev–Trinajstić information content (AvgIpc) is 3.09. The van der Waals surface area contributed by atoms with Gasteiger partial charge >= 0.3 is 0 Å². The molecule has 2 fully saturated rings. The Balaban J connectivity index is 1.94. The van der Waals surface area contributed by atoms with Crippen molar-refractivity contribution in [1.82, 2.24) is 0 Å². The van der Waals surface area contributed by atoms with Crippen molar-refractivity contribution in [2.75, 3.05) is 6.61 Å². The molecule has 1 aromatic carbocycles. The molecular formula is C28H48O4Si2. The Morgan fingerprint density at radius 3 is 1.76 bits per heavy atom. The summed E-state index contributed by atoms with van der Waals surface area (Å²) in [5.41, 5.74) is 0.647. The summed E-state index contributed by atoms with van der Waals surface area (Å²) >= 11 is 0. The maximum atomic E-state index is 7.07. The lowest BCUT2D eigenvalue weighted by molar-refractivity contribution is -0.143. The highest BCUT2D eigenvalue weighted by Gasteiger charge is 2.55. The van der Waals surface area contributed by atoms with Crippen molar-refractivity contribution < 1.29 is 18.3 Å². The summed E-state index contributed by atoms with van der Waals surface area (Å²) in [5, 5.41) is 0.247. The minimum absolute atomic E-state index is 0.0000309. The van der Waals surface area contributed by atoms with Crippen LogP contribution in [0.3, 0.4) is 0 Å². The lowest BCUT2D eigenvalue weighted by atomic mass is 9.75. The van der Waals surface area contributed by atoms with Crippen LogP contribution in [0.25, 0.3) is 0 Å². The number of benzene rings is 1. The Morgan fingerprint density at radius 2 is 1.35 bits per heavy atom. The van der Waals surface area contributed by atoms with Gasteiger partial charge in [0.05, 0.1) is 24.4 Å².